The second kappa shape index (κ2) is 3.11. The molecule has 0 aromatic rings. The minimum Gasteiger partial charge on any atom is -0.444 e. The number of ether oxygens (including phenoxy) is 2. The zero-order chi connectivity index (χ0) is 11.3. The Bertz CT molecular complexity index is 276. The molecule has 1 aliphatic heterocycles. The number of rotatable bonds is 1. The molecule has 1 heterocycles. The van der Waals surface area contributed by atoms with Gasteiger partial charge in [-0.1, -0.05) is 0 Å². The molecular weight excluding hydrogens is 194 g/mol. The number of hydrogen-bond donors (Lipinski definition) is 1. The summed E-state index contributed by atoms with van der Waals surface area (Å²) in [5.74, 6) is 0. The maximum Gasteiger partial charge on any atom is 0.407 e. The summed E-state index contributed by atoms with van der Waals surface area (Å²) in [6.07, 6.45) is 1.89. The number of hydrogen-bond acceptors (Lipinski definition) is 3. The van der Waals surface area contributed by atoms with E-state index in [4.69, 9.17) is 9.47 Å². The van der Waals surface area contributed by atoms with Crippen molar-refractivity contribution in [3.63, 3.8) is 0 Å². The molecule has 2 rings (SSSR count). The highest BCUT2D eigenvalue weighted by molar-refractivity contribution is 5.68. The molecule has 0 aromatic heterocycles. The zero-order valence-electron chi connectivity index (χ0n) is 9.79. The van der Waals surface area contributed by atoms with E-state index in [1.807, 2.05) is 20.8 Å². The first-order chi connectivity index (χ1) is 6.81. The summed E-state index contributed by atoms with van der Waals surface area (Å²) in [7, 11) is 0. The Morgan fingerprint density at radius 3 is 2.40 bits per heavy atom. The van der Waals surface area contributed by atoms with Crippen LogP contribution in [0.1, 0.15) is 40.5 Å². The maximum atomic E-state index is 11.4. The van der Waals surface area contributed by atoms with Gasteiger partial charge in [0.25, 0.3) is 0 Å². The van der Waals surface area contributed by atoms with Gasteiger partial charge in [-0.15, -0.1) is 0 Å². The number of nitrogens with one attached hydrogen (secondary N) is 1. The maximum absolute atomic E-state index is 11.4. The lowest BCUT2D eigenvalue weighted by Crippen LogP contribution is -2.50. The van der Waals surface area contributed by atoms with Crippen LogP contribution in [0.15, 0.2) is 0 Å². The van der Waals surface area contributed by atoms with E-state index in [-0.39, 0.29) is 17.7 Å². The van der Waals surface area contributed by atoms with Gasteiger partial charge in [-0.05, 0) is 40.5 Å². The molecule has 15 heavy (non-hydrogen) atoms. The summed E-state index contributed by atoms with van der Waals surface area (Å²) >= 11 is 0. The molecule has 0 bridgehead atoms. The van der Waals surface area contributed by atoms with Gasteiger partial charge in [0, 0.05) is 6.04 Å². The van der Waals surface area contributed by atoms with E-state index in [2.05, 4.69) is 12.2 Å². The number of alkyl carbamates (subject to hydrolysis) is 1. The van der Waals surface area contributed by atoms with Crippen LogP contribution in [0, 0.1) is 0 Å². The van der Waals surface area contributed by atoms with E-state index in [9.17, 15) is 4.79 Å². The van der Waals surface area contributed by atoms with Crippen molar-refractivity contribution in [1.29, 1.82) is 0 Å². The van der Waals surface area contributed by atoms with Crippen molar-refractivity contribution in [1.82, 2.24) is 5.32 Å². The third-order valence-electron chi connectivity index (χ3n) is 3.00. The van der Waals surface area contributed by atoms with Crippen LogP contribution in [-0.2, 0) is 9.47 Å². The van der Waals surface area contributed by atoms with E-state index in [1.54, 1.807) is 0 Å². The zero-order valence-corrected chi connectivity index (χ0v) is 9.79. The molecule has 1 aliphatic carbocycles. The molecule has 1 amide bonds. The van der Waals surface area contributed by atoms with Gasteiger partial charge in [-0.2, -0.15) is 0 Å². The lowest BCUT2D eigenvalue weighted by atomic mass is 9.78. The van der Waals surface area contributed by atoms with Gasteiger partial charge in [0.15, 0.2) is 0 Å². The Labute approximate surface area is 90.3 Å². The smallest absolute Gasteiger partial charge is 0.407 e. The Morgan fingerprint density at radius 2 is 2.00 bits per heavy atom. The predicted molar refractivity (Wildman–Crippen MR) is 55.7 cm³/mol. The second-order valence-corrected chi connectivity index (χ2v) is 5.58. The van der Waals surface area contributed by atoms with E-state index in [0.29, 0.717) is 6.10 Å². The minimum absolute atomic E-state index is 0.0969. The molecule has 0 aromatic carbocycles. The standard InChI is InChI=1S/C11H19NO3/c1-7-11(14-7)5-8(6-11)12-9(13)15-10(2,3)4/h7-8H,5-6H2,1-4H3,(H,12,13). The molecule has 1 saturated carbocycles. The lowest BCUT2D eigenvalue weighted by molar-refractivity contribution is 0.0430. The summed E-state index contributed by atoms with van der Waals surface area (Å²) < 4.78 is 10.6. The molecule has 2 fully saturated rings. The highest BCUT2D eigenvalue weighted by Crippen LogP contribution is 2.52. The van der Waals surface area contributed by atoms with Gasteiger partial charge in [-0.25, -0.2) is 4.79 Å². The fourth-order valence-electron chi connectivity index (χ4n) is 2.10. The van der Waals surface area contributed by atoms with E-state index in [0.717, 1.165) is 12.8 Å². The molecular formula is C11H19NO3. The van der Waals surface area contributed by atoms with Gasteiger partial charge in [0.1, 0.15) is 5.60 Å². The van der Waals surface area contributed by atoms with E-state index < -0.39 is 5.60 Å². The number of epoxide rings is 1. The third-order valence-corrected chi connectivity index (χ3v) is 3.00. The Morgan fingerprint density at radius 1 is 1.47 bits per heavy atom. The van der Waals surface area contributed by atoms with Crippen LogP contribution in [0.25, 0.3) is 0 Å². The normalized spacial score (nSPS) is 38.4. The quantitative estimate of drug-likeness (QED) is 0.676. The van der Waals surface area contributed by atoms with Crippen LogP contribution in [0.5, 0.6) is 0 Å². The molecule has 1 spiro atoms. The number of carbonyl (C=O) groups is 1. The summed E-state index contributed by atoms with van der Waals surface area (Å²) in [5.41, 5.74) is -0.325. The van der Waals surface area contributed by atoms with Gasteiger partial charge in [-0.3, -0.25) is 0 Å². The molecule has 1 atom stereocenters. The molecule has 4 heteroatoms. The van der Waals surface area contributed by atoms with Crippen molar-refractivity contribution in [3.05, 3.63) is 0 Å². The Hall–Kier alpha value is -0.770. The molecule has 1 unspecified atom stereocenters. The van der Waals surface area contributed by atoms with Crippen molar-refractivity contribution in [2.24, 2.45) is 0 Å². The Balaban J connectivity index is 1.69. The number of carbonyl (C=O) groups excluding carboxylic acids is 1. The fourth-order valence-corrected chi connectivity index (χ4v) is 2.10. The third kappa shape index (κ3) is 2.25. The summed E-state index contributed by atoms with van der Waals surface area (Å²) in [6, 6.07) is 0.227. The molecule has 1 saturated heterocycles. The van der Waals surface area contributed by atoms with Crippen LogP contribution in [0.4, 0.5) is 4.79 Å². The van der Waals surface area contributed by atoms with Crippen molar-refractivity contribution in [2.75, 3.05) is 0 Å². The van der Waals surface area contributed by atoms with Gasteiger partial charge in [0.2, 0.25) is 0 Å². The van der Waals surface area contributed by atoms with Gasteiger partial charge >= 0.3 is 6.09 Å². The van der Waals surface area contributed by atoms with Crippen LogP contribution >= 0.6 is 0 Å². The van der Waals surface area contributed by atoms with E-state index in [1.165, 1.54) is 0 Å². The first kappa shape index (κ1) is 10.7. The van der Waals surface area contributed by atoms with Crippen molar-refractivity contribution in [3.8, 4) is 0 Å². The first-order valence-electron chi connectivity index (χ1n) is 5.48. The van der Waals surface area contributed by atoms with E-state index >= 15 is 0 Å². The van der Waals surface area contributed by atoms with Crippen molar-refractivity contribution < 1.29 is 14.3 Å². The Kier molecular flexibility index (Phi) is 2.23. The highest BCUT2D eigenvalue weighted by Gasteiger charge is 2.62. The van der Waals surface area contributed by atoms with Crippen molar-refractivity contribution >= 4 is 6.09 Å². The average Bonchev–Trinajstić information content (AvgIpc) is 2.55. The lowest BCUT2D eigenvalue weighted by Gasteiger charge is -2.34. The summed E-state index contributed by atoms with van der Waals surface area (Å²) in [5, 5.41) is 2.85. The number of amides is 1. The second-order valence-electron chi connectivity index (χ2n) is 5.58. The molecule has 4 nitrogen and oxygen atoms in total. The minimum atomic E-state index is -0.422. The van der Waals surface area contributed by atoms with Crippen LogP contribution in [-0.4, -0.2) is 29.4 Å². The summed E-state index contributed by atoms with van der Waals surface area (Å²) in [6.45, 7) is 7.66. The van der Waals surface area contributed by atoms with Gasteiger partial charge < -0.3 is 14.8 Å². The van der Waals surface area contributed by atoms with Crippen LogP contribution in [0.2, 0.25) is 0 Å². The SMILES string of the molecule is CC1OC12CC(NC(=O)OC(C)(C)C)C2. The first-order valence-corrected chi connectivity index (χ1v) is 5.48. The highest BCUT2D eigenvalue weighted by atomic mass is 16.6. The van der Waals surface area contributed by atoms with Crippen LogP contribution in [0.3, 0.4) is 0 Å². The van der Waals surface area contributed by atoms with Crippen molar-refractivity contribution in [2.45, 2.75) is 63.9 Å². The fraction of sp³-hybridized carbons (Fsp3) is 0.909. The predicted octanol–water partition coefficient (Wildman–Crippen LogP) is 1.83. The van der Waals surface area contributed by atoms with Crippen LogP contribution < -0.4 is 5.32 Å². The summed E-state index contributed by atoms with van der Waals surface area (Å²) in [4.78, 5) is 11.4. The molecule has 2 aliphatic rings. The largest absolute Gasteiger partial charge is 0.444 e. The molecule has 1 N–H and O–H groups in total. The molecule has 86 valence electrons. The van der Waals surface area contributed by atoms with Gasteiger partial charge in [0.05, 0.1) is 11.7 Å². The molecule has 0 radical (unpaired) electrons. The monoisotopic (exact) mass is 213 g/mol. The topological polar surface area (TPSA) is 50.9 Å². The average molecular weight is 213 g/mol.